The van der Waals surface area contributed by atoms with Crippen molar-refractivity contribution < 1.29 is 13.2 Å². The molecule has 0 saturated heterocycles. The van der Waals surface area contributed by atoms with Gasteiger partial charge >= 0.3 is 6.18 Å². The molecule has 0 spiro atoms. The number of rotatable bonds is 5. The molecule has 0 unspecified atom stereocenters. The number of alkyl halides is 3. The Bertz CT molecular complexity index is 927. The number of benzene rings is 2. The summed E-state index contributed by atoms with van der Waals surface area (Å²) in [6.07, 6.45) is -3.05. The van der Waals surface area contributed by atoms with Crippen LogP contribution in [0.25, 0.3) is 0 Å². The topological polar surface area (TPSA) is 49.8 Å². The first-order valence-electron chi connectivity index (χ1n) is 8.18. The van der Waals surface area contributed by atoms with Crippen LogP contribution in [-0.2, 0) is 12.6 Å². The Hall–Kier alpha value is -2.80. The van der Waals surface area contributed by atoms with E-state index in [1.165, 1.54) is 0 Å². The highest BCUT2D eigenvalue weighted by atomic mass is 35.5. The van der Waals surface area contributed by atoms with Crippen LogP contribution in [0.5, 0.6) is 0 Å². The standard InChI is InChI=1S/C19H16ClF3N4/c1-2-12-4-3-5-15(10-12)25-17-16(19(21,22)23)11-24-18(27-17)26-14-8-6-13(20)7-9-14/h3-11H,2H2,1H3,(H2,24,25,26,27). The van der Waals surface area contributed by atoms with Crippen LogP contribution in [0.4, 0.5) is 36.3 Å². The van der Waals surface area contributed by atoms with Gasteiger partial charge in [-0.3, -0.25) is 0 Å². The highest BCUT2D eigenvalue weighted by Gasteiger charge is 2.35. The molecule has 0 amide bonds. The lowest BCUT2D eigenvalue weighted by Gasteiger charge is -2.15. The molecule has 27 heavy (non-hydrogen) atoms. The summed E-state index contributed by atoms with van der Waals surface area (Å²) < 4.78 is 40.0. The van der Waals surface area contributed by atoms with Crippen molar-refractivity contribution in [2.45, 2.75) is 19.5 Å². The van der Waals surface area contributed by atoms with E-state index < -0.39 is 11.7 Å². The fourth-order valence-corrected chi connectivity index (χ4v) is 2.54. The molecule has 0 aliphatic carbocycles. The molecular formula is C19H16ClF3N4. The maximum atomic E-state index is 13.3. The molecule has 3 rings (SSSR count). The summed E-state index contributed by atoms with van der Waals surface area (Å²) in [7, 11) is 0. The van der Waals surface area contributed by atoms with Gasteiger partial charge in [0.05, 0.1) is 0 Å². The molecule has 2 N–H and O–H groups in total. The van der Waals surface area contributed by atoms with E-state index in [1.54, 1.807) is 42.5 Å². The molecule has 8 heteroatoms. The van der Waals surface area contributed by atoms with Crippen LogP contribution in [0, 0.1) is 0 Å². The van der Waals surface area contributed by atoms with E-state index in [2.05, 4.69) is 20.6 Å². The van der Waals surface area contributed by atoms with Gasteiger partial charge in [-0.1, -0.05) is 30.7 Å². The number of hydrogen-bond acceptors (Lipinski definition) is 4. The van der Waals surface area contributed by atoms with Crippen molar-refractivity contribution in [3.63, 3.8) is 0 Å². The predicted octanol–water partition coefficient (Wildman–Crippen LogP) is 6.20. The second-order valence-electron chi connectivity index (χ2n) is 5.76. The third-order valence-electron chi connectivity index (χ3n) is 3.79. The molecular weight excluding hydrogens is 377 g/mol. The molecule has 2 aromatic carbocycles. The highest BCUT2D eigenvalue weighted by molar-refractivity contribution is 6.30. The fourth-order valence-electron chi connectivity index (χ4n) is 2.41. The van der Waals surface area contributed by atoms with Crippen LogP contribution < -0.4 is 10.6 Å². The first-order chi connectivity index (χ1) is 12.8. The van der Waals surface area contributed by atoms with E-state index in [4.69, 9.17) is 11.6 Å². The van der Waals surface area contributed by atoms with Crippen LogP contribution in [0.3, 0.4) is 0 Å². The molecule has 0 atom stereocenters. The molecule has 4 nitrogen and oxygen atoms in total. The lowest BCUT2D eigenvalue weighted by Crippen LogP contribution is -2.12. The SMILES string of the molecule is CCc1cccc(Nc2nc(Nc3ccc(Cl)cc3)ncc2C(F)(F)F)c1. The van der Waals surface area contributed by atoms with E-state index in [9.17, 15) is 13.2 Å². The van der Waals surface area contributed by atoms with E-state index >= 15 is 0 Å². The van der Waals surface area contributed by atoms with Gasteiger partial charge in [0, 0.05) is 22.6 Å². The molecule has 0 radical (unpaired) electrons. The summed E-state index contributed by atoms with van der Waals surface area (Å²) in [5.41, 5.74) is 1.20. The molecule has 1 aromatic heterocycles. The number of aromatic nitrogens is 2. The van der Waals surface area contributed by atoms with E-state index in [-0.39, 0.29) is 11.8 Å². The molecule has 0 fully saturated rings. The second kappa shape index (κ2) is 7.84. The van der Waals surface area contributed by atoms with Crippen molar-refractivity contribution in [3.05, 3.63) is 70.9 Å². The Kier molecular flexibility index (Phi) is 5.51. The zero-order valence-corrected chi connectivity index (χ0v) is 15.1. The third-order valence-corrected chi connectivity index (χ3v) is 4.04. The van der Waals surface area contributed by atoms with Gasteiger partial charge in [-0.2, -0.15) is 18.2 Å². The van der Waals surface area contributed by atoms with E-state index in [0.717, 1.165) is 18.2 Å². The Balaban J connectivity index is 1.94. The molecule has 0 aliphatic rings. The third kappa shape index (κ3) is 4.89. The fraction of sp³-hybridized carbons (Fsp3) is 0.158. The number of anilines is 4. The number of nitrogens with one attached hydrogen (secondary N) is 2. The largest absolute Gasteiger partial charge is 0.421 e. The highest BCUT2D eigenvalue weighted by Crippen LogP contribution is 2.35. The monoisotopic (exact) mass is 392 g/mol. The molecule has 0 aliphatic heterocycles. The van der Waals surface area contributed by atoms with Crippen molar-refractivity contribution in [3.8, 4) is 0 Å². The van der Waals surface area contributed by atoms with Crippen LogP contribution in [0.2, 0.25) is 5.02 Å². The van der Waals surface area contributed by atoms with Crippen molar-refractivity contribution in [2.24, 2.45) is 0 Å². The van der Waals surface area contributed by atoms with Gasteiger partial charge in [0.25, 0.3) is 0 Å². The average Bonchev–Trinajstić information content (AvgIpc) is 2.63. The molecule has 3 aromatic rings. The molecule has 0 saturated carbocycles. The van der Waals surface area contributed by atoms with Crippen molar-refractivity contribution in [1.82, 2.24) is 9.97 Å². The van der Waals surface area contributed by atoms with E-state index in [1.807, 2.05) is 13.0 Å². The van der Waals surface area contributed by atoms with Gasteiger partial charge in [0.1, 0.15) is 11.4 Å². The normalized spacial score (nSPS) is 11.3. The number of hydrogen-bond donors (Lipinski definition) is 2. The smallest absolute Gasteiger partial charge is 0.340 e. The number of aryl methyl sites for hydroxylation is 1. The minimum Gasteiger partial charge on any atom is -0.340 e. The lowest BCUT2D eigenvalue weighted by molar-refractivity contribution is -0.137. The summed E-state index contributed by atoms with van der Waals surface area (Å²) >= 11 is 5.83. The summed E-state index contributed by atoms with van der Waals surface area (Å²) in [6, 6.07) is 13.8. The molecule has 140 valence electrons. The molecule has 0 bridgehead atoms. The number of halogens is 4. The first-order valence-corrected chi connectivity index (χ1v) is 8.55. The van der Waals surface area contributed by atoms with Crippen LogP contribution in [0.1, 0.15) is 18.1 Å². The molecule has 1 heterocycles. The second-order valence-corrected chi connectivity index (χ2v) is 6.20. The Labute approximate surface area is 159 Å². The minimum atomic E-state index is -4.58. The summed E-state index contributed by atoms with van der Waals surface area (Å²) in [5.74, 6) is -0.276. The zero-order chi connectivity index (χ0) is 19.4. The minimum absolute atomic E-state index is 0.0412. The van der Waals surface area contributed by atoms with Gasteiger partial charge in [0.15, 0.2) is 0 Å². The van der Waals surface area contributed by atoms with Gasteiger partial charge in [-0.25, -0.2) is 4.98 Å². The van der Waals surface area contributed by atoms with Gasteiger partial charge in [-0.05, 0) is 48.4 Å². The Morgan fingerprint density at radius 2 is 1.74 bits per heavy atom. The maximum absolute atomic E-state index is 13.3. The van der Waals surface area contributed by atoms with E-state index in [0.29, 0.717) is 16.4 Å². The van der Waals surface area contributed by atoms with Crippen LogP contribution >= 0.6 is 11.6 Å². The Morgan fingerprint density at radius 1 is 1.00 bits per heavy atom. The Morgan fingerprint density at radius 3 is 2.41 bits per heavy atom. The summed E-state index contributed by atoms with van der Waals surface area (Å²) in [4.78, 5) is 7.80. The lowest BCUT2D eigenvalue weighted by atomic mass is 10.1. The number of nitrogens with zero attached hydrogens (tertiary/aromatic N) is 2. The quantitative estimate of drug-likeness (QED) is 0.543. The van der Waals surface area contributed by atoms with Gasteiger partial charge < -0.3 is 10.6 Å². The van der Waals surface area contributed by atoms with Crippen molar-refractivity contribution in [2.75, 3.05) is 10.6 Å². The van der Waals surface area contributed by atoms with Crippen molar-refractivity contribution in [1.29, 1.82) is 0 Å². The average molecular weight is 393 g/mol. The van der Waals surface area contributed by atoms with Gasteiger partial charge in [0.2, 0.25) is 5.95 Å². The van der Waals surface area contributed by atoms with Crippen LogP contribution in [0.15, 0.2) is 54.7 Å². The first kappa shape index (κ1) is 19.0. The predicted molar refractivity (Wildman–Crippen MR) is 101 cm³/mol. The van der Waals surface area contributed by atoms with Crippen molar-refractivity contribution >= 4 is 34.7 Å². The summed E-state index contributed by atoms with van der Waals surface area (Å²) in [6.45, 7) is 1.97. The van der Waals surface area contributed by atoms with Crippen LogP contribution in [-0.4, -0.2) is 9.97 Å². The summed E-state index contributed by atoms with van der Waals surface area (Å²) in [5, 5.41) is 6.18. The maximum Gasteiger partial charge on any atom is 0.421 e. The van der Waals surface area contributed by atoms with Gasteiger partial charge in [-0.15, -0.1) is 0 Å². The zero-order valence-electron chi connectivity index (χ0n) is 14.3.